The molecule has 0 aromatic carbocycles. The second-order valence-electron chi connectivity index (χ2n) is 20.2. The Hall–Kier alpha value is -0.960. The Morgan fingerprint density at radius 2 is 0.729 bits per heavy atom. The number of rotatable bonds is 61. The number of aliphatic hydroxyl groups excluding tert-OH is 2. The Bertz CT molecular complexity index is 1010. The van der Waals surface area contributed by atoms with Crippen molar-refractivity contribution in [1.82, 2.24) is 0 Å². The number of aliphatic hydroxyl groups is 2. The van der Waals surface area contributed by atoms with Crippen molar-refractivity contribution in [3.63, 3.8) is 0 Å². The second-order valence-corrected chi connectivity index (χ2v) is 20.2. The summed E-state index contributed by atoms with van der Waals surface area (Å²) in [6.45, 7) is 13.2. The third-order valence-corrected chi connectivity index (χ3v) is 12.8. The van der Waals surface area contributed by atoms with Crippen molar-refractivity contribution in [2.75, 3.05) is 126 Å². The van der Waals surface area contributed by atoms with Gasteiger partial charge in [0.25, 0.3) is 0 Å². The summed E-state index contributed by atoms with van der Waals surface area (Å²) in [5.74, 6) is 0. The van der Waals surface area contributed by atoms with E-state index in [0.29, 0.717) is 72.7 Å². The average Bonchev–Trinajstić information content (AvgIpc) is 3.35. The third kappa shape index (κ3) is 56.3. The van der Waals surface area contributed by atoms with Crippen LogP contribution in [-0.2, 0) is 37.9 Å². The molecule has 0 spiro atoms. The molecule has 0 aliphatic heterocycles. The van der Waals surface area contributed by atoms with Gasteiger partial charge < -0.3 is 52.6 Å². The van der Waals surface area contributed by atoms with E-state index in [0.717, 1.165) is 69.3 Å². The van der Waals surface area contributed by atoms with Crippen LogP contribution in [0.2, 0.25) is 0 Å². The molecule has 0 radical (unpaired) electrons. The van der Waals surface area contributed by atoms with Crippen LogP contribution in [0, 0.1) is 0 Å². The highest BCUT2D eigenvalue weighted by atomic mass is 16.7. The van der Waals surface area contributed by atoms with Gasteiger partial charge in [0.2, 0.25) is 0 Å². The molecule has 0 saturated carbocycles. The Balaban J connectivity index is 4.71. The van der Waals surface area contributed by atoms with Crippen molar-refractivity contribution in [2.24, 2.45) is 0 Å². The molecule has 0 bridgehead atoms. The van der Waals surface area contributed by atoms with Gasteiger partial charge in [-0.1, -0.05) is 154 Å². The van der Waals surface area contributed by atoms with E-state index in [1.54, 1.807) is 0 Å². The van der Waals surface area contributed by atoms with Crippen LogP contribution in [0.4, 0.5) is 0 Å². The third-order valence-electron chi connectivity index (χ3n) is 12.8. The van der Waals surface area contributed by atoms with Crippen LogP contribution in [0.5, 0.6) is 0 Å². The number of unbranched alkanes of at least 4 members (excludes halogenated alkanes) is 26. The van der Waals surface area contributed by atoms with Gasteiger partial charge in [0, 0.05) is 13.2 Å². The first kappa shape index (κ1) is 69.0. The van der Waals surface area contributed by atoms with Gasteiger partial charge in [0.1, 0.15) is 12.6 Å². The van der Waals surface area contributed by atoms with Crippen LogP contribution in [0.25, 0.3) is 0 Å². The molecule has 1 atom stereocenters. The summed E-state index contributed by atoms with van der Waals surface area (Å²) in [5, 5.41) is 17.7. The van der Waals surface area contributed by atoms with Crippen molar-refractivity contribution in [3.05, 3.63) is 24.3 Å². The zero-order valence-corrected chi connectivity index (χ0v) is 46.7. The number of allylic oxidation sites excluding steroid dienone is 4. The molecule has 0 saturated heterocycles. The number of likely N-dealkylation sites (N-methyl/N-ethyl adjacent to an activating group) is 1. The van der Waals surface area contributed by atoms with Crippen molar-refractivity contribution in [1.29, 1.82) is 0 Å². The van der Waals surface area contributed by atoms with E-state index in [1.807, 2.05) is 0 Å². The smallest absolute Gasteiger partial charge is 0.157 e. The maximum Gasteiger partial charge on any atom is 0.157 e. The van der Waals surface area contributed by atoms with Gasteiger partial charge in [-0.2, -0.15) is 0 Å². The van der Waals surface area contributed by atoms with Gasteiger partial charge in [-0.15, -0.1) is 0 Å². The molecule has 418 valence electrons. The lowest BCUT2D eigenvalue weighted by Gasteiger charge is -2.33. The molecule has 0 aliphatic rings. The van der Waals surface area contributed by atoms with Crippen LogP contribution >= 0.6 is 0 Å². The standard InChI is InChI=1S/C59H118NO10/c1-5-7-9-11-13-15-17-19-21-23-25-27-29-31-33-38-44-67-57-58(68-45-39-34-32-30-28-26-24-22-20-18-16-14-12-10-8-6-2)56-60(3,4)41-37-35-36-40-59(69-54-52-65-50-48-63-46-42-61)70-55-53-66-51-49-64-47-43-62/h19-22,58-59,61-62H,5-18,23-57H2,1-4H3/q+1. The fraction of sp³-hybridized carbons (Fsp3) is 0.932. The first-order valence-electron chi connectivity index (χ1n) is 29.6. The minimum atomic E-state index is -0.325. The highest BCUT2D eigenvalue weighted by Crippen LogP contribution is 2.15. The van der Waals surface area contributed by atoms with Gasteiger partial charge in [0.05, 0.1) is 107 Å². The molecule has 0 fully saturated rings. The van der Waals surface area contributed by atoms with E-state index in [1.165, 1.54) is 167 Å². The first-order chi connectivity index (χ1) is 34.5. The molecule has 0 aromatic heterocycles. The average molecular weight is 1000 g/mol. The number of hydrogen-bond acceptors (Lipinski definition) is 10. The fourth-order valence-electron chi connectivity index (χ4n) is 8.55. The molecule has 0 aliphatic carbocycles. The van der Waals surface area contributed by atoms with Gasteiger partial charge in [-0.25, -0.2) is 0 Å². The van der Waals surface area contributed by atoms with Crippen LogP contribution in [-0.4, -0.2) is 153 Å². The summed E-state index contributed by atoms with van der Waals surface area (Å²) >= 11 is 0. The number of quaternary nitrogens is 1. The van der Waals surface area contributed by atoms with Crippen molar-refractivity contribution in [3.8, 4) is 0 Å². The summed E-state index contributed by atoms with van der Waals surface area (Å²) in [6, 6.07) is 0. The monoisotopic (exact) mass is 1000 g/mol. The maximum atomic E-state index is 8.87. The lowest BCUT2D eigenvalue weighted by molar-refractivity contribution is -0.893. The Morgan fingerprint density at radius 1 is 0.357 bits per heavy atom. The molecular formula is C59H118NO10+. The minimum Gasteiger partial charge on any atom is -0.394 e. The Labute approximate surface area is 433 Å². The van der Waals surface area contributed by atoms with Crippen LogP contribution in [0.15, 0.2) is 24.3 Å². The summed E-state index contributed by atoms with van der Waals surface area (Å²) in [7, 11) is 4.68. The molecule has 1 unspecified atom stereocenters. The van der Waals surface area contributed by atoms with Crippen molar-refractivity contribution in [2.45, 2.75) is 232 Å². The van der Waals surface area contributed by atoms with E-state index >= 15 is 0 Å². The molecule has 0 amide bonds. The summed E-state index contributed by atoms with van der Waals surface area (Å²) in [5.41, 5.74) is 0. The van der Waals surface area contributed by atoms with Gasteiger partial charge in [-0.05, 0) is 89.9 Å². The number of ether oxygens (including phenoxy) is 8. The molecule has 2 N–H and O–H groups in total. The summed E-state index contributed by atoms with van der Waals surface area (Å²) < 4.78 is 47.8. The highest BCUT2D eigenvalue weighted by molar-refractivity contribution is 4.82. The lowest BCUT2D eigenvalue weighted by Crippen LogP contribution is -2.48. The van der Waals surface area contributed by atoms with Crippen molar-refractivity contribution >= 4 is 0 Å². The zero-order valence-electron chi connectivity index (χ0n) is 46.7. The quantitative estimate of drug-likeness (QED) is 0.0264. The van der Waals surface area contributed by atoms with Crippen LogP contribution in [0.3, 0.4) is 0 Å². The molecule has 0 heterocycles. The lowest BCUT2D eigenvalue weighted by atomic mass is 10.1. The maximum absolute atomic E-state index is 8.87. The predicted octanol–water partition coefficient (Wildman–Crippen LogP) is 13.5. The fourth-order valence-corrected chi connectivity index (χ4v) is 8.55. The molecule has 0 aromatic rings. The molecular weight excluding hydrogens is 883 g/mol. The number of hydrogen-bond donors (Lipinski definition) is 2. The van der Waals surface area contributed by atoms with E-state index in [4.69, 9.17) is 48.1 Å². The molecule has 11 nitrogen and oxygen atoms in total. The number of nitrogens with zero attached hydrogens (tertiary/aromatic N) is 1. The van der Waals surface area contributed by atoms with Gasteiger partial charge in [-0.3, -0.25) is 0 Å². The van der Waals surface area contributed by atoms with Crippen LogP contribution < -0.4 is 0 Å². The minimum absolute atomic E-state index is 0.0127. The van der Waals surface area contributed by atoms with E-state index < -0.39 is 0 Å². The van der Waals surface area contributed by atoms with E-state index in [-0.39, 0.29) is 25.6 Å². The summed E-state index contributed by atoms with van der Waals surface area (Å²) in [4.78, 5) is 0. The van der Waals surface area contributed by atoms with E-state index in [9.17, 15) is 0 Å². The first-order valence-corrected chi connectivity index (χ1v) is 29.6. The van der Waals surface area contributed by atoms with Crippen LogP contribution in [0.1, 0.15) is 219 Å². The highest BCUT2D eigenvalue weighted by Gasteiger charge is 2.23. The zero-order chi connectivity index (χ0) is 50.8. The molecule has 70 heavy (non-hydrogen) atoms. The second kappa shape index (κ2) is 58.9. The Kier molecular flexibility index (Phi) is 58.1. The van der Waals surface area contributed by atoms with Crippen molar-refractivity contribution < 1.29 is 52.6 Å². The molecule has 0 rings (SSSR count). The largest absolute Gasteiger partial charge is 0.394 e. The Morgan fingerprint density at radius 3 is 1.17 bits per heavy atom. The summed E-state index contributed by atoms with van der Waals surface area (Å²) in [6.07, 6.45) is 50.3. The van der Waals surface area contributed by atoms with Gasteiger partial charge in [0.15, 0.2) is 6.29 Å². The van der Waals surface area contributed by atoms with E-state index in [2.05, 4.69) is 52.2 Å². The normalized spacial score (nSPS) is 12.8. The molecule has 11 heteroatoms. The predicted molar refractivity (Wildman–Crippen MR) is 293 cm³/mol. The SMILES string of the molecule is CCCCCCCCC=CCCCCCCCCOCC(C[N+](C)(C)CCCCCC(OCCOCCOCCO)OCCOCCOCCO)OCCCCCCCCC=CCCCCCCCC. The van der Waals surface area contributed by atoms with Gasteiger partial charge >= 0.3 is 0 Å². The topological polar surface area (TPSA) is 114 Å².